The van der Waals surface area contributed by atoms with Crippen molar-refractivity contribution in [2.45, 2.75) is 47.9 Å². The van der Waals surface area contributed by atoms with E-state index in [1.54, 1.807) is 12.3 Å². The van der Waals surface area contributed by atoms with Crippen LogP contribution in [0, 0.1) is 5.41 Å². The standard InChI is InChI=1S/C24H27ClN6OS/c1-2-20(32)29-16-5-3-6-17(21(16)25)33-18-15-28-23(31-14-11-27-22(18)31)30-12-9-24(10-13-30)8-4-7-19(24)26/h2-3,5-6,11,14-15,19H,1,4,7-10,12-13,26H2,(H,29,32)/t19-/m0/s1. The first kappa shape index (κ1) is 22.3. The highest BCUT2D eigenvalue weighted by Gasteiger charge is 2.43. The summed E-state index contributed by atoms with van der Waals surface area (Å²) in [7, 11) is 0. The summed E-state index contributed by atoms with van der Waals surface area (Å²) in [5, 5.41) is 3.21. The van der Waals surface area contributed by atoms with Crippen LogP contribution in [0.4, 0.5) is 11.6 Å². The van der Waals surface area contributed by atoms with Gasteiger partial charge in [0.25, 0.3) is 0 Å². The lowest BCUT2D eigenvalue weighted by atomic mass is 9.74. The van der Waals surface area contributed by atoms with Crippen LogP contribution in [-0.2, 0) is 4.79 Å². The maximum atomic E-state index is 11.7. The smallest absolute Gasteiger partial charge is 0.247 e. The van der Waals surface area contributed by atoms with E-state index in [1.807, 2.05) is 28.9 Å². The first-order valence-electron chi connectivity index (χ1n) is 11.2. The number of rotatable bonds is 5. The summed E-state index contributed by atoms with van der Waals surface area (Å²) >= 11 is 8.05. The lowest BCUT2D eigenvalue weighted by molar-refractivity contribution is -0.111. The fourth-order valence-corrected chi connectivity index (χ4v) is 6.34. The van der Waals surface area contributed by atoms with Crippen LogP contribution >= 0.6 is 23.4 Å². The van der Waals surface area contributed by atoms with E-state index in [9.17, 15) is 4.79 Å². The van der Waals surface area contributed by atoms with E-state index in [-0.39, 0.29) is 5.91 Å². The Kier molecular flexibility index (Phi) is 6.07. The predicted molar refractivity (Wildman–Crippen MR) is 133 cm³/mol. The van der Waals surface area contributed by atoms with Crippen LogP contribution in [0.5, 0.6) is 0 Å². The molecule has 0 radical (unpaired) electrons. The fraction of sp³-hybridized carbons (Fsp3) is 0.375. The van der Waals surface area contributed by atoms with E-state index in [2.05, 4.69) is 21.8 Å². The molecule has 3 aromatic rings. The molecule has 1 aromatic carbocycles. The van der Waals surface area contributed by atoms with Crippen LogP contribution in [0.1, 0.15) is 32.1 Å². The van der Waals surface area contributed by atoms with E-state index in [4.69, 9.17) is 22.3 Å². The van der Waals surface area contributed by atoms with Crippen LogP contribution < -0.4 is 16.0 Å². The zero-order chi connectivity index (χ0) is 23.0. The Bertz CT molecular complexity index is 1200. The molecular weight excluding hydrogens is 456 g/mol. The second kappa shape index (κ2) is 9.00. The number of amides is 1. The van der Waals surface area contributed by atoms with E-state index in [0.717, 1.165) is 53.7 Å². The number of halogens is 1. The number of imidazole rings is 1. The van der Waals surface area contributed by atoms with Gasteiger partial charge < -0.3 is 16.0 Å². The van der Waals surface area contributed by atoms with Crippen molar-refractivity contribution in [1.82, 2.24) is 14.4 Å². The molecule has 1 aliphatic heterocycles. The van der Waals surface area contributed by atoms with E-state index < -0.39 is 0 Å². The van der Waals surface area contributed by atoms with Crippen molar-refractivity contribution >= 4 is 46.6 Å². The predicted octanol–water partition coefficient (Wildman–Crippen LogP) is 4.76. The Morgan fingerprint density at radius 2 is 2.09 bits per heavy atom. The van der Waals surface area contributed by atoms with Gasteiger partial charge in [-0.1, -0.05) is 42.4 Å². The lowest BCUT2D eigenvalue weighted by Gasteiger charge is -2.42. The third-order valence-corrected chi connectivity index (χ3v) is 8.61. The second-order valence-electron chi connectivity index (χ2n) is 8.80. The Morgan fingerprint density at radius 3 is 2.82 bits per heavy atom. The van der Waals surface area contributed by atoms with Gasteiger partial charge in [0, 0.05) is 42.6 Å². The van der Waals surface area contributed by atoms with Crippen LogP contribution in [-0.4, -0.2) is 39.4 Å². The number of nitrogens with zero attached hydrogens (tertiary/aromatic N) is 4. The summed E-state index contributed by atoms with van der Waals surface area (Å²) in [6, 6.07) is 5.86. The highest BCUT2D eigenvalue weighted by atomic mass is 35.5. The fourth-order valence-electron chi connectivity index (χ4n) is 5.12. The molecule has 1 saturated carbocycles. The molecule has 172 valence electrons. The number of carbonyl (C=O) groups is 1. The van der Waals surface area contributed by atoms with Crippen molar-refractivity contribution in [2.24, 2.45) is 11.1 Å². The van der Waals surface area contributed by atoms with Crippen LogP contribution in [0.2, 0.25) is 5.02 Å². The molecule has 33 heavy (non-hydrogen) atoms. The summed E-state index contributed by atoms with van der Waals surface area (Å²) in [6.07, 6.45) is 12.7. The zero-order valence-electron chi connectivity index (χ0n) is 18.3. The lowest BCUT2D eigenvalue weighted by Crippen LogP contribution is -2.47. The average Bonchev–Trinajstić information content (AvgIpc) is 3.45. The van der Waals surface area contributed by atoms with Crippen molar-refractivity contribution in [1.29, 1.82) is 0 Å². The number of hydrogen-bond acceptors (Lipinski definition) is 6. The van der Waals surface area contributed by atoms with E-state index >= 15 is 0 Å². The summed E-state index contributed by atoms with van der Waals surface area (Å²) in [5.74, 6) is 0.606. The zero-order valence-corrected chi connectivity index (χ0v) is 19.9. The molecule has 3 N–H and O–H groups in total. The molecular formula is C24H27ClN6OS. The molecule has 2 aliphatic rings. The molecule has 3 heterocycles. The first-order chi connectivity index (χ1) is 16.0. The molecule has 1 amide bonds. The van der Waals surface area contributed by atoms with E-state index in [1.165, 1.54) is 30.7 Å². The first-order valence-corrected chi connectivity index (χ1v) is 12.4. The van der Waals surface area contributed by atoms with Gasteiger partial charge in [-0.2, -0.15) is 0 Å². The molecule has 5 rings (SSSR count). The van der Waals surface area contributed by atoms with Gasteiger partial charge in [-0.25, -0.2) is 9.97 Å². The third-order valence-electron chi connectivity index (χ3n) is 7.02. The Hall–Kier alpha value is -2.55. The number of fused-ring (bicyclic) bond motifs is 1. The van der Waals surface area contributed by atoms with Crippen LogP contribution in [0.15, 0.2) is 59.2 Å². The Morgan fingerprint density at radius 1 is 1.27 bits per heavy atom. The van der Waals surface area contributed by atoms with Gasteiger partial charge >= 0.3 is 0 Å². The molecule has 2 aromatic heterocycles. The van der Waals surface area contributed by atoms with Crippen molar-refractivity contribution < 1.29 is 4.79 Å². The number of benzene rings is 1. The van der Waals surface area contributed by atoms with Gasteiger partial charge in [-0.3, -0.25) is 9.20 Å². The molecule has 2 fully saturated rings. The summed E-state index contributed by atoms with van der Waals surface area (Å²) in [5.41, 5.74) is 8.15. The maximum Gasteiger partial charge on any atom is 0.247 e. The summed E-state index contributed by atoms with van der Waals surface area (Å²) < 4.78 is 2.05. The number of piperidine rings is 1. The quantitative estimate of drug-likeness (QED) is 0.510. The van der Waals surface area contributed by atoms with E-state index in [0.29, 0.717) is 22.2 Å². The van der Waals surface area contributed by atoms with Gasteiger partial charge in [0.1, 0.15) is 0 Å². The molecule has 1 spiro atoms. The van der Waals surface area contributed by atoms with Gasteiger partial charge in [-0.05, 0) is 49.3 Å². The Balaban J connectivity index is 1.39. The molecule has 1 atom stereocenters. The minimum Gasteiger partial charge on any atom is -0.342 e. The third kappa shape index (κ3) is 4.11. The normalized spacial score (nSPS) is 19.8. The number of nitrogens with one attached hydrogen (secondary N) is 1. The maximum absolute atomic E-state index is 11.7. The van der Waals surface area contributed by atoms with Crippen LogP contribution in [0.25, 0.3) is 5.65 Å². The van der Waals surface area contributed by atoms with Gasteiger partial charge in [-0.15, -0.1) is 0 Å². The monoisotopic (exact) mass is 482 g/mol. The molecule has 0 unspecified atom stereocenters. The molecule has 9 heteroatoms. The van der Waals surface area contributed by atoms with Gasteiger partial charge in [0.15, 0.2) is 5.65 Å². The largest absolute Gasteiger partial charge is 0.342 e. The molecule has 7 nitrogen and oxygen atoms in total. The number of nitrogens with two attached hydrogens (primary N) is 1. The number of aromatic nitrogens is 3. The number of carbonyl (C=O) groups excluding carboxylic acids is 1. The molecule has 1 aliphatic carbocycles. The van der Waals surface area contributed by atoms with Gasteiger partial charge in [0.2, 0.25) is 11.9 Å². The topological polar surface area (TPSA) is 88.5 Å². The van der Waals surface area contributed by atoms with Crippen molar-refractivity contribution in [2.75, 3.05) is 23.3 Å². The van der Waals surface area contributed by atoms with Crippen molar-refractivity contribution in [3.63, 3.8) is 0 Å². The second-order valence-corrected chi connectivity index (χ2v) is 10.3. The average molecular weight is 483 g/mol. The van der Waals surface area contributed by atoms with Crippen LogP contribution in [0.3, 0.4) is 0 Å². The SMILES string of the molecule is C=CC(=O)Nc1cccc(Sc2cnc(N3CCC4(CCC[C@@H]4N)CC3)n3ccnc23)c1Cl. The molecule has 1 saturated heterocycles. The number of hydrogen-bond donors (Lipinski definition) is 2. The summed E-state index contributed by atoms with van der Waals surface area (Å²) in [4.78, 5) is 25.2. The van der Waals surface area contributed by atoms with Crippen molar-refractivity contribution in [3.05, 3.63) is 54.5 Å². The minimum absolute atomic E-state index is 0.303. The Labute approximate surface area is 202 Å². The highest BCUT2D eigenvalue weighted by Crippen LogP contribution is 2.46. The summed E-state index contributed by atoms with van der Waals surface area (Å²) in [6.45, 7) is 5.40. The van der Waals surface area contributed by atoms with Gasteiger partial charge in [0.05, 0.1) is 15.6 Å². The minimum atomic E-state index is -0.303. The molecule has 0 bridgehead atoms. The number of anilines is 2. The highest BCUT2D eigenvalue weighted by molar-refractivity contribution is 7.99. The van der Waals surface area contributed by atoms with Crippen molar-refractivity contribution in [3.8, 4) is 0 Å².